The summed E-state index contributed by atoms with van der Waals surface area (Å²) in [5.41, 5.74) is 0.906. The Labute approximate surface area is 147 Å². The lowest BCUT2D eigenvalue weighted by Gasteiger charge is -2.08. The zero-order valence-corrected chi connectivity index (χ0v) is 14.3. The highest BCUT2D eigenvalue weighted by Gasteiger charge is 2.27. The van der Waals surface area contributed by atoms with Gasteiger partial charge >= 0.3 is 0 Å². The second-order valence-corrected chi connectivity index (χ2v) is 7.15. The van der Waals surface area contributed by atoms with Gasteiger partial charge in [0.25, 0.3) is 0 Å². The fourth-order valence-electron chi connectivity index (χ4n) is 2.32. The summed E-state index contributed by atoms with van der Waals surface area (Å²) in [6.07, 6.45) is 3.19. The number of carbonyl (C=O) groups is 2. The van der Waals surface area contributed by atoms with Crippen molar-refractivity contribution < 1.29 is 9.59 Å². The van der Waals surface area contributed by atoms with Crippen LogP contribution in [0.15, 0.2) is 24.4 Å². The van der Waals surface area contributed by atoms with E-state index in [2.05, 4.69) is 15.6 Å². The van der Waals surface area contributed by atoms with Crippen molar-refractivity contribution in [3.63, 3.8) is 0 Å². The molecule has 0 radical (unpaired) electrons. The third-order valence-corrected chi connectivity index (χ3v) is 4.98. The molecule has 1 fully saturated rings. The van der Waals surface area contributed by atoms with Gasteiger partial charge < -0.3 is 10.6 Å². The van der Waals surface area contributed by atoms with E-state index in [1.54, 1.807) is 18.3 Å². The number of carbonyl (C=O) groups excluding carboxylic acids is 2. The molecule has 1 aromatic heterocycles. The maximum Gasteiger partial charge on any atom is 0.248 e. The monoisotopic (exact) mass is 369 g/mol. The summed E-state index contributed by atoms with van der Waals surface area (Å²) in [4.78, 5) is 28.3. The predicted molar refractivity (Wildman–Crippen MR) is 91.2 cm³/mol. The van der Waals surface area contributed by atoms with Crippen LogP contribution in [0.5, 0.6) is 0 Å². The molecule has 2 N–H and O–H groups in total. The Morgan fingerprint density at radius 3 is 3.00 bits per heavy atom. The number of halogens is 2. The molecule has 1 aliphatic heterocycles. The molecule has 1 saturated heterocycles. The zero-order valence-electron chi connectivity index (χ0n) is 11.9. The normalized spacial score (nSPS) is 17.1. The van der Waals surface area contributed by atoms with Crippen LogP contribution in [0.25, 0.3) is 0 Å². The molecule has 2 amide bonds. The van der Waals surface area contributed by atoms with Crippen molar-refractivity contribution in [2.75, 3.05) is 5.32 Å². The molecule has 0 aliphatic carbocycles. The summed E-state index contributed by atoms with van der Waals surface area (Å²) in [5, 5.41) is 7.13. The quantitative estimate of drug-likeness (QED) is 0.868. The number of benzene rings is 1. The summed E-state index contributed by atoms with van der Waals surface area (Å²) < 4.78 is 0. The summed E-state index contributed by atoms with van der Waals surface area (Å²) in [7, 11) is 0. The van der Waals surface area contributed by atoms with Crippen LogP contribution in [0.4, 0.5) is 5.13 Å². The van der Waals surface area contributed by atoms with Crippen LogP contribution in [0.1, 0.15) is 23.3 Å². The van der Waals surface area contributed by atoms with E-state index in [9.17, 15) is 9.59 Å². The van der Waals surface area contributed by atoms with Gasteiger partial charge in [0.1, 0.15) is 6.04 Å². The molecule has 2 aromatic rings. The van der Waals surface area contributed by atoms with E-state index in [0.717, 1.165) is 10.4 Å². The van der Waals surface area contributed by atoms with Crippen molar-refractivity contribution in [2.45, 2.75) is 25.3 Å². The molecule has 1 aromatic carbocycles. The minimum atomic E-state index is -0.475. The molecule has 3 rings (SSSR count). The van der Waals surface area contributed by atoms with Gasteiger partial charge in [0.2, 0.25) is 11.8 Å². The molecule has 2 heterocycles. The predicted octanol–water partition coefficient (Wildman–Crippen LogP) is 3.26. The number of hydrogen-bond acceptors (Lipinski definition) is 4. The first-order valence-corrected chi connectivity index (χ1v) is 8.57. The second-order valence-electron chi connectivity index (χ2n) is 5.19. The van der Waals surface area contributed by atoms with E-state index in [1.807, 2.05) is 6.07 Å². The third-order valence-electron chi connectivity index (χ3n) is 3.47. The van der Waals surface area contributed by atoms with Crippen LogP contribution in [0, 0.1) is 0 Å². The second kappa shape index (κ2) is 6.86. The van der Waals surface area contributed by atoms with E-state index in [4.69, 9.17) is 23.2 Å². The van der Waals surface area contributed by atoms with Gasteiger partial charge in [-0.05, 0) is 30.2 Å². The highest BCUT2D eigenvalue weighted by atomic mass is 35.5. The van der Waals surface area contributed by atoms with Gasteiger partial charge in [-0.25, -0.2) is 4.98 Å². The Balaban J connectivity index is 1.65. The topological polar surface area (TPSA) is 71.1 Å². The van der Waals surface area contributed by atoms with Crippen molar-refractivity contribution in [2.24, 2.45) is 0 Å². The molecule has 1 atom stereocenters. The number of rotatable bonds is 4. The van der Waals surface area contributed by atoms with Gasteiger partial charge in [0.15, 0.2) is 5.13 Å². The Morgan fingerprint density at radius 1 is 1.43 bits per heavy atom. The Hall–Kier alpha value is -1.63. The molecule has 0 spiro atoms. The number of anilines is 1. The van der Waals surface area contributed by atoms with Crippen LogP contribution in [-0.2, 0) is 16.0 Å². The van der Waals surface area contributed by atoms with E-state index in [0.29, 0.717) is 34.4 Å². The Bertz CT molecular complexity index is 763. The van der Waals surface area contributed by atoms with Crippen LogP contribution < -0.4 is 10.6 Å². The van der Waals surface area contributed by atoms with Gasteiger partial charge in [-0.15, -0.1) is 11.3 Å². The van der Waals surface area contributed by atoms with E-state index in [1.165, 1.54) is 11.3 Å². The maximum absolute atomic E-state index is 12.0. The van der Waals surface area contributed by atoms with Gasteiger partial charge in [0.05, 0.1) is 0 Å². The summed E-state index contributed by atoms with van der Waals surface area (Å²) in [5.74, 6) is -0.335. The molecule has 8 heteroatoms. The fraction of sp³-hybridized carbons (Fsp3) is 0.267. The highest BCUT2D eigenvalue weighted by molar-refractivity contribution is 7.15. The summed E-state index contributed by atoms with van der Waals surface area (Å²) in [6, 6.07) is 4.83. The van der Waals surface area contributed by atoms with Gasteiger partial charge in [0, 0.05) is 34.0 Å². The molecule has 0 saturated carbocycles. The lowest BCUT2D eigenvalue weighted by molar-refractivity contribution is -0.122. The van der Waals surface area contributed by atoms with Crippen LogP contribution in [0.3, 0.4) is 0 Å². The van der Waals surface area contributed by atoms with Gasteiger partial charge in [-0.3, -0.25) is 9.59 Å². The molecule has 0 bridgehead atoms. The minimum absolute atomic E-state index is 0.0967. The van der Waals surface area contributed by atoms with Crippen LogP contribution >= 0.6 is 34.5 Å². The van der Waals surface area contributed by atoms with Gasteiger partial charge in [-0.1, -0.05) is 23.2 Å². The Morgan fingerprint density at radius 2 is 2.26 bits per heavy atom. The number of thiazole rings is 1. The van der Waals surface area contributed by atoms with Crippen molar-refractivity contribution in [3.05, 3.63) is 44.9 Å². The van der Waals surface area contributed by atoms with Gasteiger partial charge in [-0.2, -0.15) is 0 Å². The molecule has 120 valence electrons. The Kier molecular flexibility index (Phi) is 4.84. The van der Waals surface area contributed by atoms with Crippen molar-refractivity contribution in [1.82, 2.24) is 10.3 Å². The minimum Gasteiger partial charge on any atom is -0.344 e. The first-order valence-electron chi connectivity index (χ1n) is 7.00. The largest absolute Gasteiger partial charge is 0.344 e. The number of nitrogens with one attached hydrogen (secondary N) is 2. The fourth-order valence-corrected chi connectivity index (χ4v) is 3.53. The first-order chi connectivity index (χ1) is 11.0. The number of nitrogens with zero attached hydrogens (tertiary/aromatic N) is 1. The van der Waals surface area contributed by atoms with Crippen LogP contribution in [-0.4, -0.2) is 22.8 Å². The average Bonchev–Trinajstić information content (AvgIpc) is 3.12. The molecule has 23 heavy (non-hydrogen) atoms. The van der Waals surface area contributed by atoms with E-state index < -0.39 is 6.04 Å². The number of amides is 2. The summed E-state index contributed by atoms with van der Waals surface area (Å²) in [6.45, 7) is 0. The lowest BCUT2D eigenvalue weighted by atomic mass is 10.1. The average molecular weight is 370 g/mol. The molecule has 5 nitrogen and oxygen atoms in total. The lowest BCUT2D eigenvalue weighted by Crippen LogP contribution is -2.37. The van der Waals surface area contributed by atoms with E-state index in [-0.39, 0.29) is 11.8 Å². The third kappa shape index (κ3) is 4.02. The molecular formula is C15H13Cl2N3O2S. The number of hydrogen-bond donors (Lipinski definition) is 2. The molecular weight excluding hydrogens is 357 g/mol. The maximum atomic E-state index is 12.0. The van der Waals surface area contributed by atoms with Crippen molar-refractivity contribution in [3.8, 4) is 0 Å². The smallest absolute Gasteiger partial charge is 0.248 e. The van der Waals surface area contributed by atoms with Crippen molar-refractivity contribution >= 4 is 51.5 Å². The standard InChI is InChI=1S/C15H13Cl2N3O2S/c16-9-1-2-11(17)8(5-9)6-10-7-18-15(23-10)20-14(22)12-3-4-13(21)19-12/h1-2,5,7,12H,3-4,6H2,(H,19,21)(H,18,20,22). The van der Waals surface area contributed by atoms with E-state index >= 15 is 0 Å². The zero-order chi connectivity index (χ0) is 16.4. The van der Waals surface area contributed by atoms with Crippen LogP contribution in [0.2, 0.25) is 10.0 Å². The highest BCUT2D eigenvalue weighted by Crippen LogP contribution is 2.27. The number of aromatic nitrogens is 1. The first kappa shape index (κ1) is 16.2. The molecule has 1 unspecified atom stereocenters. The molecule has 1 aliphatic rings. The summed E-state index contributed by atoms with van der Waals surface area (Å²) >= 11 is 13.5. The SMILES string of the molecule is O=C1CCC(C(=O)Nc2ncc(Cc3cc(Cl)ccc3Cl)s2)N1. The van der Waals surface area contributed by atoms with Crippen molar-refractivity contribution in [1.29, 1.82) is 0 Å².